The SMILES string of the molecule is CCOc1ccc(C(=O)NCC#CCN2CCc3ccccc3C2)cc1OCC. The zero-order valence-corrected chi connectivity index (χ0v) is 17.2. The Morgan fingerprint density at radius 3 is 2.59 bits per heavy atom. The second-order valence-corrected chi connectivity index (χ2v) is 6.79. The molecule has 1 aliphatic rings. The van der Waals surface area contributed by atoms with E-state index in [2.05, 4.69) is 46.3 Å². The molecule has 0 bridgehead atoms. The maximum absolute atomic E-state index is 12.4. The molecule has 0 saturated carbocycles. The van der Waals surface area contributed by atoms with Crippen molar-refractivity contribution in [3.63, 3.8) is 0 Å². The molecule has 0 saturated heterocycles. The topological polar surface area (TPSA) is 50.8 Å². The van der Waals surface area contributed by atoms with Crippen molar-refractivity contribution in [2.45, 2.75) is 26.8 Å². The molecule has 0 aromatic heterocycles. The van der Waals surface area contributed by atoms with Gasteiger partial charge in [-0.2, -0.15) is 0 Å². The lowest BCUT2D eigenvalue weighted by Gasteiger charge is -2.26. The van der Waals surface area contributed by atoms with Gasteiger partial charge in [-0.3, -0.25) is 9.69 Å². The largest absolute Gasteiger partial charge is 0.490 e. The summed E-state index contributed by atoms with van der Waals surface area (Å²) in [7, 11) is 0. The average molecular weight is 392 g/mol. The summed E-state index contributed by atoms with van der Waals surface area (Å²) >= 11 is 0. The Balaban J connectivity index is 1.49. The van der Waals surface area contributed by atoms with Crippen LogP contribution in [0.5, 0.6) is 11.5 Å². The van der Waals surface area contributed by atoms with Crippen molar-refractivity contribution in [2.75, 3.05) is 32.8 Å². The van der Waals surface area contributed by atoms with E-state index in [1.165, 1.54) is 11.1 Å². The molecule has 1 aliphatic heterocycles. The van der Waals surface area contributed by atoms with Crippen molar-refractivity contribution in [2.24, 2.45) is 0 Å². The Morgan fingerprint density at radius 1 is 1.03 bits per heavy atom. The summed E-state index contributed by atoms with van der Waals surface area (Å²) in [6.45, 7) is 7.86. The van der Waals surface area contributed by atoms with Crippen LogP contribution < -0.4 is 14.8 Å². The maximum atomic E-state index is 12.4. The summed E-state index contributed by atoms with van der Waals surface area (Å²) in [6.07, 6.45) is 1.06. The van der Waals surface area contributed by atoms with E-state index in [1.807, 2.05) is 13.8 Å². The van der Waals surface area contributed by atoms with Crippen LogP contribution in [-0.4, -0.2) is 43.7 Å². The van der Waals surface area contributed by atoms with E-state index in [0.717, 1.165) is 19.5 Å². The minimum absolute atomic E-state index is 0.171. The standard InChI is InChI=1S/C24H28N2O3/c1-3-28-22-12-11-20(17-23(22)29-4-2)24(27)25-14-7-8-15-26-16-13-19-9-5-6-10-21(19)18-26/h5-6,9-12,17H,3-4,13-16,18H2,1-2H3,(H,25,27). The number of hydrogen-bond donors (Lipinski definition) is 1. The van der Waals surface area contributed by atoms with Crippen molar-refractivity contribution >= 4 is 5.91 Å². The number of fused-ring (bicyclic) bond motifs is 1. The van der Waals surface area contributed by atoms with Gasteiger partial charge in [-0.1, -0.05) is 36.1 Å². The third kappa shape index (κ3) is 5.75. The summed E-state index contributed by atoms with van der Waals surface area (Å²) in [6, 6.07) is 13.8. The van der Waals surface area contributed by atoms with E-state index >= 15 is 0 Å². The Hall–Kier alpha value is -2.97. The molecular weight excluding hydrogens is 364 g/mol. The zero-order valence-electron chi connectivity index (χ0n) is 17.2. The van der Waals surface area contributed by atoms with Gasteiger partial charge in [0.1, 0.15) is 0 Å². The van der Waals surface area contributed by atoms with Gasteiger partial charge in [0.05, 0.1) is 26.3 Å². The van der Waals surface area contributed by atoms with Crippen molar-refractivity contribution < 1.29 is 14.3 Å². The minimum atomic E-state index is -0.171. The zero-order chi connectivity index (χ0) is 20.5. The van der Waals surface area contributed by atoms with Crippen molar-refractivity contribution in [1.82, 2.24) is 10.2 Å². The molecule has 0 spiro atoms. The molecule has 29 heavy (non-hydrogen) atoms. The van der Waals surface area contributed by atoms with Crippen LogP contribution in [0.25, 0.3) is 0 Å². The van der Waals surface area contributed by atoms with Gasteiger partial charge in [0.2, 0.25) is 0 Å². The first kappa shape index (κ1) is 20.8. The fourth-order valence-electron chi connectivity index (χ4n) is 3.34. The summed E-state index contributed by atoms with van der Waals surface area (Å²) in [5.41, 5.74) is 3.35. The third-order valence-electron chi connectivity index (χ3n) is 4.78. The van der Waals surface area contributed by atoms with Crippen LogP contribution in [0.4, 0.5) is 0 Å². The minimum Gasteiger partial charge on any atom is -0.490 e. The van der Waals surface area contributed by atoms with Crippen LogP contribution in [0.1, 0.15) is 35.3 Å². The molecule has 0 fully saturated rings. The fourth-order valence-corrected chi connectivity index (χ4v) is 3.34. The van der Waals surface area contributed by atoms with Crippen molar-refractivity contribution in [3.8, 4) is 23.3 Å². The van der Waals surface area contributed by atoms with E-state index in [1.54, 1.807) is 18.2 Å². The van der Waals surface area contributed by atoms with Gasteiger partial charge >= 0.3 is 0 Å². The summed E-state index contributed by atoms with van der Waals surface area (Å²) < 4.78 is 11.1. The van der Waals surface area contributed by atoms with Crippen LogP contribution in [-0.2, 0) is 13.0 Å². The molecular formula is C24H28N2O3. The second kappa shape index (κ2) is 10.5. The predicted octanol–water partition coefficient (Wildman–Crippen LogP) is 3.28. The molecule has 5 nitrogen and oxygen atoms in total. The van der Waals surface area contributed by atoms with Gasteiger partial charge in [-0.25, -0.2) is 0 Å². The monoisotopic (exact) mass is 392 g/mol. The highest BCUT2D eigenvalue weighted by Crippen LogP contribution is 2.28. The van der Waals surface area contributed by atoms with Gasteiger partial charge in [-0.15, -0.1) is 0 Å². The van der Waals surface area contributed by atoms with Crippen LogP contribution in [0.15, 0.2) is 42.5 Å². The van der Waals surface area contributed by atoms with Crippen LogP contribution in [0, 0.1) is 11.8 Å². The molecule has 1 amide bonds. The third-order valence-corrected chi connectivity index (χ3v) is 4.78. The lowest BCUT2D eigenvalue weighted by atomic mass is 10.0. The number of ether oxygens (including phenoxy) is 2. The highest BCUT2D eigenvalue weighted by atomic mass is 16.5. The first-order chi connectivity index (χ1) is 14.2. The lowest BCUT2D eigenvalue weighted by molar-refractivity contribution is 0.0958. The molecule has 2 aromatic rings. The first-order valence-electron chi connectivity index (χ1n) is 10.1. The summed E-state index contributed by atoms with van der Waals surface area (Å²) in [5.74, 6) is 7.27. The van der Waals surface area contributed by atoms with E-state index in [4.69, 9.17) is 9.47 Å². The normalized spacial score (nSPS) is 13.0. The van der Waals surface area contributed by atoms with Gasteiger partial charge in [0, 0.05) is 18.7 Å². The smallest absolute Gasteiger partial charge is 0.252 e. The summed E-state index contributed by atoms with van der Waals surface area (Å²) in [4.78, 5) is 14.7. The number of carbonyl (C=O) groups is 1. The van der Waals surface area contributed by atoms with Crippen LogP contribution in [0.3, 0.4) is 0 Å². The fraction of sp³-hybridized carbons (Fsp3) is 0.375. The number of rotatable bonds is 7. The van der Waals surface area contributed by atoms with Crippen molar-refractivity contribution in [3.05, 3.63) is 59.2 Å². The number of nitrogens with zero attached hydrogens (tertiary/aromatic N) is 1. The molecule has 0 aliphatic carbocycles. The molecule has 1 N–H and O–H groups in total. The first-order valence-corrected chi connectivity index (χ1v) is 10.1. The number of nitrogens with one attached hydrogen (secondary N) is 1. The Kier molecular flexibility index (Phi) is 7.54. The Bertz CT molecular complexity index is 898. The molecule has 0 atom stereocenters. The summed E-state index contributed by atoms with van der Waals surface area (Å²) in [5, 5.41) is 2.85. The Labute approximate surface area is 173 Å². The quantitative estimate of drug-likeness (QED) is 0.735. The number of benzene rings is 2. The number of amides is 1. The molecule has 0 radical (unpaired) electrons. The van der Waals surface area contributed by atoms with Gasteiger partial charge in [0.25, 0.3) is 5.91 Å². The molecule has 152 valence electrons. The number of hydrogen-bond acceptors (Lipinski definition) is 4. The molecule has 3 rings (SSSR count). The van der Waals surface area contributed by atoms with Gasteiger partial charge in [-0.05, 0) is 49.6 Å². The average Bonchev–Trinajstić information content (AvgIpc) is 2.75. The predicted molar refractivity (Wildman–Crippen MR) is 114 cm³/mol. The maximum Gasteiger partial charge on any atom is 0.252 e. The van der Waals surface area contributed by atoms with Gasteiger partial charge in [0.15, 0.2) is 11.5 Å². The number of carbonyl (C=O) groups excluding carboxylic acids is 1. The van der Waals surface area contributed by atoms with E-state index in [-0.39, 0.29) is 5.91 Å². The molecule has 1 heterocycles. The van der Waals surface area contributed by atoms with E-state index in [0.29, 0.717) is 43.4 Å². The Morgan fingerprint density at radius 2 is 1.79 bits per heavy atom. The molecule has 0 unspecified atom stereocenters. The molecule has 2 aromatic carbocycles. The second-order valence-electron chi connectivity index (χ2n) is 6.79. The van der Waals surface area contributed by atoms with Crippen LogP contribution >= 0.6 is 0 Å². The van der Waals surface area contributed by atoms with Crippen LogP contribution in [0.2, 0.25) is 0 Å². The highest BCUT2D eigenvalue weighted by Gasteiger charge is 2.14. The van der Waals surface area contributed by atoms with E-state index < -0.39 is 0 Å². The van der Waals surface area contributed by atoms with E-state index in [9.17, 15) is 4.79 Å². The highest BCUT2D eigenvalue weighted by molar-refractivity contribution is 5.95. The van der Waals surface area contributed by atoms with Crippen molar-refractivity contribution in [1.29, 1.82) is 0 Å². The van der Waals surface area contributed by atoms with Gasteiger partial charge < -0.3 is 14.8 Å². The molecule has 5 heteroatoms. The lowest BCUT2D eigenvalue weighted by Crippen LogP contribution is -2.31.